The van der Waals surface area contributed by atoms with Crippen molar-refractivity contribution in [1.29, 1.82) is 0 Å². The molecule has 0 saturated heterocycles. The molecule has 0 bridgehead atoms. The molecule has 0 spiro atoms. The normalized spacial score (nSPS) is 11.5. The van der Waals surface area contributed by atoms with E-state index < -0.39 is 0 Å². The van der Waals surface area contributed by atoms with Gasteiger partial charge in [0.15, 0.2) is 5.82 Å². The van der Waals surface area contributed by atoms with Crippen LogP contribution in [0.4, 0.5) is 0 Å². The zero-order chi connectivity index (χ0) is 35.3. The van der Waals surface area contributed by atoms with Crippen molar-refractivity contribution < 1.29 is 0 Å². The van der Waals surface area contributed by atoms with E-state index in [9.17, 15) is 0 Å². The van der Waals surface area contributed by atoms with Crippen LogP contribution in [0.3, 0.4) is 0 Å². The van der Waals surface area contributed by atoms with E-state index in [1.807, 2.05) is 24.5 Å². The van der Waals surface area contributed by atoms with E-state index in [0.29, 0.717) is 5.82 Å². The Labute approximate surface area is 307 Å². The molecule has 0 unspecified atom stereocenters. The molecule has 2 aromatic heterocycles. The lowest BCUT2D eigenvalue weighted by molar-refractivity contribution is 1.18. The van der Waals surface area contributed by atoms with E-state index >= 15 is 0 Å². The first-order valence-corrected chi connectivity index (χ1v) is 18.0. The highest BCUT2D eigenvalue weighted by molar-refractivity contribution is 6.33. The monoisotopic (exact) mass is 675 g/mol. The number of pyridine rings is 1. The summed E-state index contributed by atoms with van der Waals surface area (Å²) in [7, 11) is 0. The van der Waals surface area contributed by atoms with Crippen molar-refractivity contribution in [2.24, 2.45) is 0 Å². The van der Waals surface area contributed by atoms with Crippen LogP contribution in [0.25, 0.3) is 99.2 Å². The largest absolute Gasteiger partial charge is 0.264 e. The Hall–Kier alpha value is -6.97. The fraction of sp³-hybridized carbons (Fsp3) is 0.0200. The first kappa shape index (κ1) is 30.8. The van der Waals surface area contributed by atoms with E-state index in [-0.39, 0.29) is 0 Å². The Morgan fingerprint density at radius 2 is 0.830 bits per heavy atom. The number of benzene rings is 8. The second-order valence-electron chi connectivity index (χ2n) is 13.7. The summed E-state index contributed by atoms with van der Waals surface area (Å²) in [5.41, 5.74) is 10.7. The van der Waals surface area contributed by atoms with Crippen molar-refractivity contribution in [3.63, 3.8) is 0 Å². The van der Waals surface area contributed by atoms with Gasteiger partial charge in [0, 0.05) is 34.6 Å². The molecular weight excluding hydrogens is 643 g/mol. The van der Waals surface area contributed by atoms with E-state index in [4.69, 9.17) is 9.97 Å². The van der Waals surface area contributed by atoms with Crippen molar-refractivity contribution in [1.82, 2.24) is 15.0 Å². The molecule has 10 aromatic rings. The highest BCUT2D eigenvalue weighted by atomic mass is 14.9. The fourth-order valence-corrected chi connectivity index (χ4v) is 7.87. The molecule has 8 aromatic carbocycles. The van der Waals surface area contributed by atoms with Gasteiger partial charge in [0.2, 0.25) is 0 Å². The first-order valence-electron chi connectivity index (χ1n) is 18.0. The Balaban J connectivity index is 1.10. The quantitative estimate of drug-likeness (QED) is 0.170. The minimum absolute atomic E-state index is 0.695. The standard InChI is InChI=1S/C50H33N3/c1-32-27-28-51-31-46(32)34-19-23-36(24-20-34)48-30-47(35-11-3-2-4-12-35)52-50(53-48)37-25-21-33(22-26-37)44-29-45-40-15-6-5-13-38(40)39-14-7-9-17-42(39)49(45)43-18-10-8-16-41(43)44/h2-31H,1H3. The number of rotatable bonds is 5. The third kappa shape index (κ3) is 5.33. The Bertz CT molecular complexity index is 2980. The van der Waals surface area contributed by atoms with Crippen molar-refractivity contribution in [2.45, 2.75) is 6.92 Å². The highest BCUT2D eigenvalue weighted by Crippen LogP contribution is 2.43. The number of aromatic nitrogens is 3. The van der Waals surface area contributed by atoms with E-state index in [1.165, 1.54) is 54.2 Å². The van der Waals surface area contributed by atoms with Crippen LogP contribution >= 0.6 is 0 Å². The van der Waals surface area contributed by atoms with E-state index in [1.54, 1.807) is 0 Å². The molecule has 0 atom stereocenters. The Morgan fingerprint density at radius 3 is 1.47 bits per heavy atom. The SMILES string of the molecule is Cc1ccncc1-c1ccc(-c2cc(-c3ccccc3)nc(-c3ccc(-c4cc5c6ccccc6c6ccccc6c5c5ccccc45)cc3)n2)cc1. The van der Waals surface area contributed by atoms with Crippen molar-refractivity contribution >= 4 is 43.1 Å². The maximum Gasteiger partial charge on any atom is 0.160 e. The highest BCUT2D eigenvalue weighted by Gasteiger charge is 2.16. The zero-order valence-electron chi connectivity index (χ0n) is 29.2. The summed E-state index contributed by atoms with van der Waals surface area (Å²) in [6.07, 6.45) is 3.76. The van der Waals surface area contributed by atoms with Gasteiger partial charge in [0.05, 0.1) is 11.4 Å². The van der Waals surface area contributed by atoms with Crippen LogP contribution in [-0.2, 0) is 0 Å². The third-order valence-electron chi connectivity index (χ3n) is 10.5. The topological polar surface area (TPSA) is 38.7 Å². The first-order chi connectivity index (χ1) is 26.2. The van der Waals surface area contributed by atoms with E-state index in [2.05, 4.69) is 170 Å². The predicted molar refractivity (Wildman–Crippen MR) is 222 cm³/mol. The maximum atomic E-state index is 5.15. The summed E-state index contributed by atoms with van der Waals surface area (Å²) >= 11 is 0. The molecule has 0 aliphatic heterocycles. The molecule has 0 radical (unpaired) electrons. The molecule has 0 fully saturated rings. The van der Waals surface area contributed by atoms with Crippen LogP contribution < -0.4 is 0 Å². The van der Waals surface area contributed by atoms with Crippen LogP contribution in [0.15, 0.2) is 182 Å². The zero-order valence-corrected chi connectivity index (χ0v) is 29.2. The van der Waals surface area contributed by atoms with Crippen LogP contribution in [0, 0.1) is 6.92 Å². The smallest absolute Gasteiger partial charge is 0.160 e. The maximum absolute atomic E-state index is 5.15. The third-order valence-corrected chi connectivity index (χ3v) is 10.5. The summed E-state index contributed by atoms with van der Waals surface area (Å²) in [6.45, 7) is 2.12. The van der Waals surface area contributed by atoms with Crippen molar-refractivity contribution in [3.05, 3.63) is 188 Å². The fourth-order valence-electron chi connectivity index (χ4n) is 7.87. The van der Waals surface area contributed by atoms with Crippen molar-refractivity contribution in [3.8, 4) is 56.2 Å². The average molecular weight is 676 g/mol. The molecular formula is C50H33N3. The van der Waals surface area contributed by atoms with Gasteiger partial charge in [-0.05, 0) is 90.5 Å². The number of aryl methyl sites for hydroxylation is 1. The van der Waals surface area contributed by atoms with Gasteiger partial charge >= 0.3 is 0 Å². The molecule has 2 heterocycles. The summed E-state index contributed by atoms with van der Waals surface area (Å²) in [4.78, 5) is 14.6. The van der Waals surface area contributed by atoms with Gasteiger partial charge in [-0.2, -0.15) is 0 Å². The second kappa shape index (κ2) is 12.7. The van der Waals surface area contributed by atoms with Gasteiger partial charge in [0.25, 0.3) is 0 Å². The number of hydrogen-bond acceptors (Lipinski definition) is 3. The van der Waals surface area contributed by atoms with Crippen molar-refractivity contribution in [2.75, 3.05) is 0 Å². The second-order valence-corrected chi connectivity index (χ2v) is 13.7. The predicted octanol–water partition coefficient (Wildman–Crippen LogP) is 13.1. The lowest BCUT2D eigenvalue weighted by Gasteiger charge is -2.16. The minimum atomic E-state index is 0.695. The lowest BCUT2D eigenvalue weighted by atomic mass is 9.87. The van der Waals surface area contributed by atoms with Gasteiger partial charge < -0.3 is 0 Å². The molecule has 0 amide bonds. The lowest BCUT2D eigenvalue weighted by Crippen LogP contribution is -1.96. The van der Waals surface area contributed by atoms with Crippen LogP contribution in [0.1, 0.15) is 5.56 Å². The van der Waals surface area contributed by atoms with Gasteiger partial charge in [-0.3, -0.25) is 4.98 Å². The Morgan fingerprint density at radius 1 is 0.358 bits per heavy atom. The number of nitrogens with zero attached hydrogens (tertiary/aromatic N) is 3. The molecule has 0 aliphatic carbocycles. The average Bonchev–Trinajstić information content (AvgIpc) is 3.24. The van der Waals surface area contributed by atoms with Gasteiger partial charge in [-0.1, -0.05) is 152 Å². The molecule has 248 valence electrons. The molecule has 10 rings (SSSR count). The van der Waals surface area contributed by atoms with Gasteiger partial charge in [0.1, 0.15) is 0 Å². The van der Waals surface area contributed by atoms with Crippen LogP contribution in [0.2, 0.25) is 0 Å². The molecule has 0 N–H and O–H groups in total. The van der Waals surface area contributed by atoms with Crippen LogP contribution in [0.5, 0.6) is 0 Å². The number of fused-ring (bicyclic) bond motifs is 8. The summed E-state index contributed by atoms with van der Waals surface area (Å²) in [6, 6.07) is 60.6. The van der Waals surface area contributed by atoms with Crippen LogP contribution in [-0.4, -0.2) is 15.0 Å². The molecule has 3 heteroatoms. The molecule has 3 nitrogen and oxygen atoms in total. The summed E-state index contributed by atoms with van der Waals surface area (Å²) in [5.74, 6) is 0.695. The molecule has 0 saturated carbocycles. The van der Waals surface area contributed by atoms with Gasteiger partial charge in [-0.25, -0.2) is 9.97 Å². The number of hydrogen-bond donors (Lipinski definition) is 0. The summed E-state index contributed by atoms with van der Waals surface area (Å²) in [5, 5.41) is 10.2. The molecule has 53 heavy (non-hydrogen) atoms. The van der Waals surface area contributed by atoms with E-state index in [0.717, 1.165) is 44.8 Å². The Kier molecular flexibility index (Phi) is 7.36. The summed E-state index contributed by atoms with van der Waals surface area (Å²) < 4.78 is 0. The molecule has 0 aliphatic rings. The minimum Gasteiger partial charge on any atom is -0.264 e. The van der Waals surface area contributed by atoms with Gasteiger partial charge in [-0.15, -0.1) is 0 Å².